The van der Waals surface area contributed by atoms with Crippen molar-refractivity contribution in [3.8, 4) is 0 Å². The first-order chi connectivity index (χ1) is 8.93. The molecule has 1 aromatic carbocycles. The molecule has 0 radical (unpaired) electrons. The van der Waals surface area contributed by atoms with Crippen molar-refractivity contribution in [2.75, 3.05) is 7.05 Å². The normalized spacial score (nSPS) is 12.7. The molecule has 3 heteroatoms. The minimum Gasteiger partial charge on any atom is -0.309 e. The zero-order chi connectivity index (χ0) is 14.2. The van der Waals surface area contributed by atoms with Crippen LogP contribution in [0.25, 0.3) is 0 Å². The molecule has 0 amide bonds. The van der Waals surface area contributed by atoms with Crippen molar-refractivity contribution in [3.05, 3.63) is 54.7 Å². The Hall–Kier alpha value is -0.640. The molecule has 1 atom stereocenters. The predicted octanol–water partition coefficient (Wildman–Crippen LogP) is 5.05. The SMILES string of the molecule is CNC(c1cc(C)c(Br)s1)c1c(C)cc(C)cc1C. The highest BCUT2D eigenvalue weighted by Gasteiger charge is 2.19. The van der Waals surface area contributed by atoms with Gasteiger partial charge in [-0.1, -0.05) is 17.7 Å². The van der Waals surface area contributed by atoms with Crippen LogP contribution in [0.3, 0.4) is 0 Å². The summed E-state index contributed by atoms with van der Waals surface area (Å²) in [5.41, 5.74) is 6.76. The molecule has 102 valence electrons. The maximum Gasteiger partial charge on any atom is 0.0731 e. The maximum atomic E-state index is 3.63. The summed E-state index contributed by atoms with van der Waals surface area (Å²) in [6, 6.07) is 7.08. The van der Waals surface area contributed by atoms with E-state index < -0.39 is 0 Å². The topological polar surface area (TPSA) is 12.0 Å². The molecule has 0 saturated heterocycles. The average molecular weight is 338 g/mol. The van der Waals surface area contributed by atoms with E-state index in [2.05, 4.69) is 67.1 Å². The zero-order valence-electron chi connectivity index (χ0n) is 12.1. The number of rotatable bonds is 3. The van der Waals surface area contributed by atoms with Crippen molar-refractivity contribution in [3.63, 3.8) is 0 Å². The van der Waals surface area contributed by atoms with Gasteiger partial charge in [0.15, 0.2) is 0 Å². The lowest BCUT2D eigenvalue weighted by Crippen LogP contribution is -2.19. The molecule has 0 saturated carbocycles. The Balaban J connectivity index is 2.54. The third kappa shape index (κ3) is 2.93. The number of benzene rings is 1. The van der Waals surface area contributed by atoms with Crippen molar-refractivity contribution in [2.45, 2.75) is 33.7 Å². The Morgan fingerprint density at radius 3 is 2.00 bits per heavy atom. The van der Waals surface area contributed by atoms with Gasteiger partial charge in [0.25, 0.3) is 0 Å². The van der Waals surface area contributed by atoms with Gasteiger partial charge < -0.3 is 5.32 Å². The standard InChI is InChI=1S/C16H20BrNS/c1-9-6-10(2)14(11(3)7-9)15(18-5)13-8-12(4)16(17)19-13/h6-8,15,18H,1-5H3. The molecule has 1 heterocycles. The number of hydrogen-bond donors (Lipinski definition) is 1. The summed E-state index contributed by atoms with van der Waals surface area (Å²) in [6.45, 7) is 8.71. The van der Waals surface area contributed by atoms with Crippen molar-refractivity contribution in [1.29, 1.82) is 0 Å². The number of aryl methyl sites for hydroxylation is 4. The fraction of sp³-hybridized carbons (Fsp3) is 0.375. The third-order valence-electron chi connectivity index (χ3n) is 3.48. The molecule has 0 aliphatic heterocycles. The summed E-state index contributed by atoms with van der Waals surface area (Å²) >= 11 is 5.44. The van der Waals surface area contributed by atoms with Crippen LogP contribution in [0.15, 0.2) is 22.0 Å². The highest BCUT2D eigenvalue weighted by Crippen LogP contribution is 2.36. The lowest BCUT2D eigenvalue weighted by molar-refractivity contribution is 0.694. The Morgan fingerprint density at radius 2 is 1.58 bits per heavy atom. The highest BCUT2D eigenvalue weighted by molar-refractivity contribution is 9.11. The minimum absolute atomic E-state index is 0.274. The van der Waals surface area contributed by atoms with Gasteiger partial charge in [-0.3, -0.25) is 0 Å². The van der Waals surface area contributed by atoms with E-state index in [9.17, 15) is 0 Å². The summed E-state index contributed by atoms with van der Waals surface area (Å²) in [5.74, 6) is 0. The number of thiophene rings is 1. The Morgan fingerprint density at radius 1 is 1.00 bits per heavy atom. The van der Waals surface area contributed by atoms with Crippen LogP contribution in [0.4, 0.5) is 0 Å². The fourth-order valence-electron chi connectivity index (χ4n) is 2.70. The van der Waals surface area contributed by atoms with Crippen LogP contribution >= 0.6 is 27.3 Å². The molecule has 0 bridgehead atoms. The molecular formula is C16H20BrNS. The van der Waals surface area contributed by atoms with Crippen LogP contribution in [-0.4, -0.2) is 7.05 Å². The van der Waals surface area contributed by atoms with Gasteiger partial charge in [0.2, 0.25) is 0 Å². The van der Waals surface area contributed by atoms with E-state index in [-0.39, 0.29) is 6.04 Å². The zero-order valence-corrected chi connectivity index (χ0v) is 14.5. The second-order valence-electron chi connectivity index (χ2n) is 5.14. The summed E-state index contributed by atoms with van der Waals surface area (Å²) in [6.07, 6.45) is 0. The first-order valence-electron chi connectivity index (χ1n) is 6.45. The van der Waals surface area contributed by atoms with Gasteiger partial charge in [-0.25, -0.2) is 0 Å². The Labute approximate surface area is 128 Å². The van der Waals surface area contributed by atoms with Gasteiger partial charge >= 0.3 is 0 Å². The number of nitrogens with one attached hydrogen (secondary N) is 1. The van der Waals surface area contributed by atoms with E-state index in [4.69, 9.17) is 0 Å². The van der Waals surface area contributed by atoms with Gasteiger partial charge in [-0.2, -0.15) is 0 Å². The van der Waals surface area contributed by atoms with Crippen LogP contribution in [0.2, 0.25) is 0 Å². The molecule has 1 aromatic heterocycles. The first kappa shape index (κ1) is 14.8. The molecule has 0 aliphatic carbocycles. The van der Waals surface area contributed by atoms with Gasteiger partial charge in [0.1, 0.15) is 0 Å². The lowest BCUT2D eigenvalue weighted by atomic mass is 9.93. The van der Waals surface area contributed by atoms with E-state index in [1.165, 1.54) is 36.5 Å². The summed E-state index contributed by atoms with van der Waals surface area (Å²) in [5, 5.41) is 3.47. The molecule has 0 fully saturated rings. The lowest BCUT2D eigenvalue weighted by Gasteiger charge is -2.21. The smallest absolute Gasteiger partial charge is 0.0731 e. The summed E-state index contributed by atoms with van der Waals surface area (Å²) in [4.78, 5) is 1.36. The van der Waals surface area contributed by atoms with E-state index in [0.717, 1.165) is 0 Å². The number of halogens is 1. The molecular weight excluding hydrogens is 318 g/mol. The van der Waals surface area contributed by atoms with Gasteiger partial charge in [-0.05, 0) is 79.0 Å². The first-order valence-corrected chi connectivity index (χ1v) is 8.05. The van der Waals surface area contributed by atoms with Crippen molar-refractivity contribution >= 4 is 27.3 Å². The van der Waals surface area contributed by atoms with Crippen LogP contribution in [0.5, 0.6) is 0 Å². The molecule has 0 aliphatic rings. The highest BCUT2D eigenvalue weighted by atomic mass is 79.9. The van der Waals surface area contributed by atoms with E-state index in [1.54, 1.807) is 0 Å². The Kier molecular flexibility index (Phi) is 4.49. The summed E-state index contributed by atoms with van der Waals surface area (Å²) in [7, 11) is 2.03. The monoisotopic (exact) mass is 337 g/mol. The summed E-state index contributed by atoms with van der Waals surface area (Å²) < 4.78 is 1.23. The molecule has 1 N–H and O–H groups in total. The largest absolute Gasteiger partial charge is 0.309 e. The maximum absolute atomic E-state index is 3.63. The van der Waals surface area contributed by atoms with Crippen molar-refractivity contribution in [1.82, 2.24) is 5.32 Å². The molecule has 19 heavy (non-hydrogen) atoms. The second kappa shape index (κ2) is 5.78. The molecule has 2 aromatic rings. The minimum atomic E-state index is 0.274. The Bertz CT molecular complexity index is 558. The van der Waals surface area contributed by atoms with Crippen LogP contribution in [-0.2, 0) is 0 Å². The van der Waals surface area contributed by atoms with E-state index in [0.29, 0.717) is 0 Å². The van der Waals surface area contributed by atoms with E-state index in [1.807, 2.05) is 18.4 Å². The van der Waals surface area contributed by atoms with E-state index >= 15 is 0 Å². The second-order valence-corrected chi connectivity index (χ2v) is 7.54. The van der Waals surface area contributed by atoms with Crippen LogP contribution in [0, 0.1) is 27.7 Å². The van der Waals surface area contributed by atoms with Crippen molar-refractivity contribution in [2.24, 2.45) is 0 Å². The van der Waals surface area contributed by atoms with Crippen LogP contribution in [0.1, 0.15) is 38.7 Å². The van der Waals surface area contributed by atoms with Crippen molar-refractivity contribution < 1.29 is 0 Å². The molecule has 1 unspecified atom stereocenters. The molecule has 0 spiro atoms. The van der Waals surface area contributed by atoms with Gasteiger partial charge in [-0.15, -0.1) is 11.3 Å². The quantitative estimate of drug-likeness (QED) is 0.825. The third-order valence-corrected chi connectivity index (χ3v) is 5.68. The fourth-order valence-corrected chi connectivity index (χ4v) is 4.39. The molecule has 2 rings (SSSR count). The van der Waals surface area contributed by atoms with Gasteiger partial charge in [0, 0.05) is 4.88 Å². The average Bonchev–Trinajstić information content (AvgIpc) is 2.63. The van der Waals surface area contributed by atoms with Crippen LogP contribution < -0.4 is 5.32 Å². The molecule has 1 nitrogen and oxygen atoms in total. The van der Waals surface area contributed by atoms with Gasteiger partial charge in [0.05, 0.1) is 9.83 Å². The predicted molar refractivity (Wildman–Crippen MR) is 88.3 cm³/mol. The number of hydrogen-bond acceptors (Lipinski definition) is 2.